The van der Waals surface area contributed by atoms with Gasteiger partial charge in [-0.05, 0) is 18.4 Å². The molecule has 130 valence electrons. The van der Waals surface area contributed by atoms with Crippen LogP contribution in [0.25, 0.3) is 0 Å². The number of hydrogen-bond donors (Lipinski definition) is 0. The zero-order chi connectivity index (χ0) is 18.1. The first kappa shape index (κ1) is 17.0. The van der Waals surface area contributed by atoms with E-state index in [0.717, 1.165) is 11.8 Å². The van der Waals surface area contributed by atoms with Crippen molar-refractivity contribution in [2.45, 2.75) is 12.8 Å². The van der Waals surface area contributed by atoms with Gasteiger partial charge in [0.2, 0.25) is 0 Å². The van der Waals surface area contributed by atoms with E-state index in [9.17, 15) is 19.7 Å². The quantitative estimate of drug-likeness (QED) is 0.348. The molecule has 0 radical (unpaired) electrons. The van der Waals surface area contributed by atoms with E-state index in [1.807, 2.05) is 0 Å². The molecule has 0 N–H and O–H groups in total. The van der Waals surface area contributed by atoms with Gasteiger partial charge in [0.1, 0.15) is 5.75 Å². The lowest BCUT2D eigenvalue weighted by atomic mass is 9.83. The number of rotatable bonds is 4. The zero-order valence-corrected chi connectivity index (χ0v) is 14.1. The van der Waals surface area contributed by atoms with Crippen LogP contribution in [-0.4, -0.2) is 30.6 Å². The molecule has 3 rings (SSSR count). The van der Waals surface area contributed by atoms with E-state index >= 15 is 0 Å². The predicted octanol–water partition coefficient (Wildman–Crippen LogP) is 2.65. The number of nitro benzene ring substituents is 1. The minimum Gasteiger partial charge on any atom is -0.487 e. The normalized spacial score (nSPS) is 18.6. The summed E-state index contributed by atoms with van der Waals surface area (Å²) in [6.07, 6.45) is 0. The summed E-state index contributed by atoms with van der Waals surface area (Å²) in [4.78, 5) is 35.2. The van der Waals surface area contributed by atoms with Crippen LogP contribution in [0.4, 0.5) is 5.69 Å². The minimum absolute atomic E-state index is 0.141. The number of hydrogen-bond acceptors (Lipinski definition) is 8. The molecule has 1 unspecified atom stereocenters. The fourth-order valence-electron chi connectivity index (χ4n) is 2.70. The fourth-order valence-corrected chi connectivity index (χ4v) is 3.68. The highest BCUT2D eigenvalue weighted by Gasteiger charge is 2.43. The Bertz CT molecular complexity index is 843. The van der Waals surface area contributed by atoms with Gasteiger partial charge in [-0.1, -0.05) is 11.8 Å². The molecule has 1 aromatic rings. The highest BCUT2D eigenvalue weighted by Crippen LogP contribution is 2.49. The first-order valence-corrected chi connectivity index (χ1v) is 8.18. The van der Waals surface area contributed by atoms with Gasteiger partial charge in [-0.2, -0.15) is 0 Å². The summed E-state index contributed by atoms with van der Waals surface area (Å²) in [5, 5.41) is 12.9. The molecule has 0 saturated heterocycles. The number of methoxy groups -OCH3 is 1. The van der Waals surface area contributed by atoms with Crippen LogP contribution < -0.4 is 4.74 Å². The van der Waals surface area contributed by atoms with Crippen LogP contribution in [0, 0.1) is 10.1 Å². The molecule has 2 heterocycles. The minimum atomic E-state index is -0.841. The van der Waals surface area contributed by atoms with Gasteiger partial charge in [0.05, 0.1) is 35.7 Å². The molecule has 0 saturated carbocycles. The van der Waals surface area contributed by atoms with Crippen LogP contribution in [-0.2, 0) is 19.1 Å². The van der Waals surface area contributed by atoms with Crippen molar-refractivity contribution >= 4 is 29.4 Å². The fraction of sp³-hybridized carbons (Fsp3) is 0.250. The zero-order valence-electron chi connectivity index (χ0n) is 13.3. The number of thioether (sulfide) groups is 1. The van der Waals surface area contributed by atoms with E-state index in [4.69, 9.17) is 14.2 Å². The van der Waals surface area contributed by atoms with Crippen molar-refractivity contribution in [1.29, 1.82) is 0 Å². The second-order valence-electron chi connectivity index (χ2n) is 5.12. The maximum atomic E-state index is 12.5. The maximum Gasteiger partial charge on any atom is 0.344 e. The third-order valence-electron chi connectivity index (χ3n) is 3.75. The Hall–Kier alpha value is -2.81. The Balaban J connectivity index is 2.22. The summed E-state index contributed by atoms with van der Waals surface area (Å²) >= 11 is 1.07. The number of nitrogens with zero attached hydrogens (tertiary/aromatic N) is 1. The van der Waals surface area contributed by atoms with E-state index in [0.29, 0.717) is 17.3 Å². The summed E-state index contributed by atoms with van der Waals surface area (Å²) in [5.74, 6) is -1.96. The molecule has 0 bridgehead atoms. The van der Waals surface area contributed by atoms with Crippen LogP contribution in [0.15, 0.2) is 39.8 Å². The molecule has 0 aliphatic carbocycles. The van der Waals surface area contributed by atoms with Crippen LogP contribution in [0.2, 0.25) is 0 Å². The van der Waals surface area contributed by atoms with E-state index in [-0.39, 0.29) is 22.6 Å². The molecule has 1 aromatic carbocycles. The molecule has 1 atom stereocenters. The van der Waals surface area contributed by atoms with Gasteiger partial charge in [-0.15, -0.1) is 0 Å². The Labute approximate surface area is 146 Å². The Morgan fingerprint density at radius 2 is 2.20 bits per heavy atom. The summed E-state index contributed by atoms with van der Waals surface area (Å²) in [7, 11) is 1.23. The molecule has 0 fully saturated rings. The molecule has 0 aromatic heterocycles. The number of fused-ring (bicyclic) bond motifs is 3. The number of esters is 2. The van der Waals surface area contributed by atoms with Gasteiger partial charge < -0.3 is 14.2 Å². The van der Waals surface area contributed by atoms with Crippen LogP contribution in [0.1, 0.15) is 18.4 Å². The SMILES string of the molecule is CCOC1=C2C(=O)Oc3ccc([N+](=O)[O-])cc3C2C(C(=O)OC)=CS1. The van der Waals surface area contributed by atoms with Gasteiger partial charge in [0.15, 0.2) is 5.09 Å². The van der Waals surface area contributed by atoms with Gasteiger partial charge in [-0.25, -0.2) is 9.59 Å². The number of benzene rings is 1. The topological polar surface area (TPSA) is 105 Å². The number of nitro groups is 1. The molecule has 2 aliphatic rings. The van der Waals surface area contributed by atoms with Crippen LogP contribution in [0.5, 0.6) is 5.75 Å². The molecule has 0 amide bonds. The lowest BCUT2D eigenvalue weighted by Crippen LogP contribution is -2.30. The number of carbonyl (C=O) groups is 2. The van der Waals surface area contributed by atoms with Gasteiger partial charge in [0.25, 0.3) is 5.69 Å². The molecule has 9 heteroatoms. The van der Waals surface area contributed by atoms with Crippen LogP contribution >= 0.6 is 11.8 Å². The lowest BCUT2D eigenvalue weighted by molar-refractivity contribution is -0.385. The highest BCUT2D eigenvalue weighted by molar-refractivity contribution is 8.05. The predicted molar refractivity (Wildman–Crippen MR) is 87.8 cm³/mol. The Kier molecular flexibility index (Phi) is 4.49. The summed E-state index contributed by atoms with van der Waals surface area (Å²) in [6, 6.07) is 3.88. The van der Waals surface area contributed by atoms with E-state index in [2.05, 4.69) is 0 Å². The first-order valence-electron chi connectivity index (χ1n) is 7.30. The van der Waals surface area contributed by atoms with E-state index < -0.39 is 22.8 Å². The average Bonchev–Trinajstić information content (AvgIpc) is 2.60. The first-order chi connectivity index (χ1) is 12.0. The number of non-ortho nitro benzene ring substituents is 1. The second kappa shape index (κ2) is 6.60. The third-order valence-corrected chi connectivity index (χ3v) is 4.67. The van der Waals surface area contributed by atoms with Gasteiger partial charge in [0, 0.05) is 17.7 Å². The summed E-state index contributed by atoms with van der Waals surface area (Å²) in [5.41, 5.74) is 0.515. The van der Waals surface area contributed by atoms with Crippen molar-refractivity contribution in [3.05, 3.63) is 55.5 Å². The highest BCUT2D eigenvalue weighted by atomic mass is 32.2. The van der Waals surface area contributed by atoms with Crippen LogP contribution in [0.3, 0.4) is 0 Å². The van der Waals surface area contributed by atoms with Crippen molar-refractivity contribution < 1.29 is 28.7 Å². The summed E-state index contributed by atoms with van der Waals surface area (Å²) < 4.78 is 15.6. The van der Waals surface area contributed by atoms with Crippen molar-refractivity contribution in [3.63, 3.8) is 0 Å². The lowest BCUT2D eigenvalue weighted by Gasteiger charge is -2.31. The smallest absolute Gasteiger partial charge is 0.344 e. The van der Waals surface area contributed by atoms with Gasteiger partial charge >= 0.3 is 11.9 Å². The molecule has 25 heavy (non-hydrogen) atoms. The third kappa shape index (κ3) is 2.86. The maximum absolute atomic E-state index is 12.5. The molecule has 2 aliphatic heterocycles. The van der Waals surface area contributed by atoms with Crippen molar-refractivity contribution in [2.24, 2.45) is 0 Å². The average molecular weight is 363 g/mol. The second-order valence-corrected chi connectivity index (χ2v) is 5.96. The monoisotopic (exact) mass is 363 g/mol. The van der Waals surface area contributed by atoms with Gasteiger partial charge in [-0.3, -0.25) is 10.1 Å². The Morgan fingerprint density at radius 1 is 1.44 bits per heavy atom. The van der Waals surface area contributed by atoms with E-state index in [1.54, 1.807) is 6.92 Å². The van der Waals surface area contributed by atoms with E-state index in [1.165, 1.54) is 30.7 Å². The number of ether oxygens (including phenoxy) is 3. The largest absolute Gasteiger partial charge is 0.487 e. The summed E-state index contributed by atoms with van der Waals surface area (Å²) in [6.45, 7) is 2.07. The molecular formula is C16H13NO7S. The van der Waals surface area contributed by atoms with Crippen molar-refractivity contribution in [1.82, 2.24) is 0 Å². The number of carbonyl (C=O) groups excluding carboxylic acids is 2. The molecule has 0 spiro atoms. The molecular weight excluding hydrogens is 350 g/mol. The molecule has 8 nitrogen and oxygen atoms in total. The standard InChI is InChI=1S/C16H13NO7S/c1-3-23-16-13-12(10(7-25-16)14(18)22-2)9-6-8(17(20)21)4-5-11(9)24-15(13)19/h4-7,12H,3H2,1-2H3. The Morgan fingerprint density at radius 3 is 2.84 bits per heavy atom. The van der Waals surface area contributed by atoms with Crippen molar-refractivity contribution in [2.75, 3.05) is 13.7 Å². The van der Waals surface area contributed by atoms with Crippen molar-refractivity contribution in [3.8, 4) is 5.75 Å².